The van der Waals surface area contributed by atoms with E-state index in [1.54, 1.807) is 0 Å². The minimum atomic E-state index is 0.502. The number of unbranched alkanes of at least 4 members (excludes halogenated alkanes) is 1. The van der Waals surface area contributed by atoms with Crippen molar-refractivity contribution in [2.24, 2.45) is 10.8 Å². The third kappa shape index (κ3) is 5.30. The van der Waals surface area contributed by atoms with Crippen molar-refractivity contribution in [3.05, 3.63) is 0 Å². The Kier molecular flexibility index (Phi) is 5.70. The Bertz CT molecular complexity index is 226. The van der Waals surface area contributed by atoms with Crippen LogP contribution in [0.1, 0.15) is 86.5 Å². The second-order valence-corrected chi connectivity index (χ2v) is 8.02. The van der Waals surface area contributed by atoms with E-state index in [1.807, 2.05) is 0 Å². The zero-order chi connectivity index (χ0) is 13.8. The van der Waals surface area contributed by atoms with Crippen molar-refractivity contribution in [3.63, 3.8) is 0 Å². The zero-order valence-electron chi connectivity index (χ0n) is 13.6. The minimum Gasteiger partial charge on any atom is -0.311 e. The first-order valence-electron chi connectivity index (χ1n) is 8.04. The molecule has 1 aliphatic rings. The van der Waals surface area contributed by atoms with Crippen LogP contribution in [0, 0.1) is 10.8 Å². The van der Waals surface area contributed by atoms with Gasteiger partial charge in [-0.25, -0.2) is 0 Å². The first-order chi connectivity index (χ1) is 8.28. The molecule has 1 rings (SSSR count). The third-order valence-corrected chi connectivity index (χ3v) is 4.43. The van der Waals surface area contributed by atoms with Crippen LogP contribution in [0.3, 0.4) is 0 Å². The van der Waals surface area contributed by atoms with Gasteiger partial charge >= 0.3 is 0 Å². The highest BCUT2D eigenvalue weighted by Gasteiger charge is 2.38. The van der Waals surface area contributed by atoms with Crippen molar-refractivity contribution in [2.75, 3.05) is 0 Å². The topological polar surface area (TPSA) is 12.0 Å². The van der Waals surface area contributed by atoms with Crippen LogP contribution >= 0.6 is 0 Å². The van der Waals surface area contributed by atoms with Crippen LogP contribution in [0.2, 0.25) is 0 Å². The summed E-state index contributed by atoms with van der Waals surface area (Å²) in [5.41, 5.74) is 1.00. The quantitative estimate of drug-likeness (QED) is 0.690. The fraction of sp³-hybridized carbons (Fsp3) is 1.00. The second kappa shape index (κ2) is 6.41. The Labute approximate surface area is 115 Å². The first kappa shape index (κ1) is 16.0. The molecule has 1 N–H and O–H groups in total. The number of hydrogen-bond acceptors (Lipinski definition) is 1. The lowest BCUT2D eigenvalue weighted by molar-refractivity contribution is 0.0792. The highest BCUT2D eigenvalue weighted by Crippen LogP contribution is 2.45. The maximum Gasteiger partial charge on any atom is 0.00798 e. The summed E-state index contributed by atoms with van der Waals surface area (Å²) >= 11 is 0. The molecule has 0 spiro atoms. The molecule has 0 saturated heterocycles. The molecule has 0 bridgehead atoms. The van der Waals surface area contributed by atoms with E-state index in [2.05, 4.69) is 46.9 Å². The fourth-order valence-corrected chi connectivity index (χ4v) is 4.15. The summed E-state index contributed by atoms with van der Waals surface area (Å²) in [6, 6.07) is 1.46. The van der Waals surface area contributed by atoms with E-state index < -0.39 is 0 Å². The molecule has 1 saturated carbocycles. The molecule has 0 aromatic carbocycles. The highest BCUT2D eigenvalue weighted by molar-refractivity contribution is 4.93. The molecule has 1 heteroatoms. The summed E-state index contributed by atoms with van der Waals surface area (Å²) in [6.45, 7) is 14.4. The van der Waals surface area contributed by atoms with Crippen molar-refractivity contribution in [2.45, 2.75) is 98.6 Å². The monoisotopic (exact) mass is 253 g/mol. The summed E-state index contributed by atoms with van der Waals surface area (Å²) < 4.78 is 0. The lowest BCUT2D eigenvalue weighted by Crippen LogP contribution is -2.47. The summed E-state index contributed by atoms with van der Waals surface area (Å²) in [4.78, 5) is 0. The average Bonchev–Trinajstić information content (AvgIpc) is 2.19. The van der Waals surface area contributed by atoms with Crippen LogP contribution in [0.15, 0.2) is 0 Å². The van der Waals surface area contributed by atoms with E-state index in [0.29, 0.717) is 10.8 Å². The van der Waals surface area contributed by atoms with E-state index in [4.69, 9.17) is 0 Å². The Hall–Kier alpha value is -0.0400. The van der Waals surface area contributed by atoms with Crippen molar-refractivity contribution in [3.8, 4) is 0 Å². The van der Waals surface area contributed by atoms with Gasteiger partial charge in [0.2, 0.25) is 0 Å². The lowest BCUT2D eigenvalue weighted by atomic mass is 9.63. The van der Waals surface area contributed by atoms with Gasteiger partial charge in [-0.1, -0.05) is 54.4 Å². The molecule has 108 valence electrons. The smallest absolute Gasteiger partial charge is 0.00798 e. The van der Waals surface area contributed by atoms with Gasteiger partial charge in [0.15, 0.2) is 0 Å². The molecule has 1 fully saturated rings. The van der Waals surface area contributed by atoms with Gasteiger partial charge in [-0.2, -0.15) is 0 Å². The van der Waals surface area contributed by atoms with Crippen LogP contribution in [-0.2, 0) is 0 Å². The Morgan fingerprint density at radius 1 is 1.06 bits per heavy atom. The van der Waals surface area contributed by atoms with E-state index in [9.17, 15) is 0 Å². The molecular weight excluding hydrogens is 218 g/mol. The molecule has 0 aliphatic heterocycles. The third-order valence-electron chi connectivity index (χ3n) is 4.43. The van der Waals surface area contributed by atoms with Gasteiger partial charge < -0.3 is 5.32 Å². The maximum absolute atomic E-state index is 3.95. The second-order valence-electron chi connectivity index (χ2n) is 8.02. The molecule has 0 radical (unpaired) electrons. The average molecular weight is 253 g/mol. The van der Waals surface area contributed by atoms with Gasteiger partial charge in [-0.3, -0.25) is 0 Å². The molecule has 1 nitrogen and oxygen atoms in total. The van der Waals surface area contributed by atoms with Crippen molar-refractivity contribution >= 4 is 0 Å². The molecule has 0 aromatic rings. The Balaban J connectivity index is 2.54. The van der Waals surface area contributed by atoms with E-state index >= 15 is 0 Å². The molecule has 1 aliphatic carbocycles. The minimum absolute atomic E-state index is 0.502. The van der Waals surface area contributed by atoms with Crippen molar-refractivity contribution in [1.29, 1.82) is 0 Å². The van der Waals surface area contributed by atoms with Crippen molar-refractivity contribution < 1.29 is 0 Å². The van der Waals surface area contributed by atoms with Crippen molar-refractivity contribution in [1.82, 2.24) is 5.32 Å². The van der Waals surface area contributed by atoms with Crippen LogP contribution in [0.5, 0.6) is 0 Å². The molecule has 0 heterocycles. The van der Waals surface area contributed by atoms with Gasteiger partial charge in [0, 0.05) is 12.1 Å². The maximum atomic E-state index is 3.95. The van der Waals surface area contributed by atoms with Crippen LogP contribution in [-0.4, -0.2) is 12.1 Å². The summed E-state index contributed by atoms with van der Waals surface area (Å²) in [5, 5.41) is 3.95. The predicted molar refractivity (Wildman–Crippen MR) is 81.9 cm³/mol. The number of nitrogens with one attached hydrogen (secondary N) is 1. The van der Waals surface area contributed by atoms with Gasteiger partial charge in [0.25, 0.3) is 0 Å². The van der Waals surface area contributed by atoms with E-state index in [1.165, 1.54) is 44.9 Å². The summed E-state index contributed by atoms with van der Waals surface area (Å²) in [7, 11) is 0. The van der Waals surface area contributed by atoms with Gasteiger partial charge in [0.05, 0.1) is 0 Å². The Morgan fingerprint density at radius 3 is 2.06 bits per heavy atom. The molecular formula is C17H35N. The standard InChI is InChI=1S/C17H35N/c1-7-9-10-14(8-2)18-15-11-16(3,4)13-17(5,6)12-15/h14-15,18H,7-13H2,1-6H3. The van der Waals surface area contributed by atoms with Gasteiger partial charge in [-0.05, 0) is 42.9 Å². The normalized spacial score (nSPS) is 25.0. The van der Waals surface area contributed by atoms with Gasteiger partial charge in [0.1, 0.15) is 0 Å². The number of hydrogen-bond donors (Lipinski definition) is 1. The molecule has 18 heavy (non-hydrogen) atoms. The van der Waals surface area contributed by atoms with Gasteiger partial charge in [-0.15, -0.1) is 0 Å². The molecule has 1 atom stereocenters. The van der Waals surface area contributed by atoms with E-state index in [-0.39, 0.29) is 0 Å². The molecule has 0 aromatic heterocycles. The lowest BCUT2D eigenvalue weighted by Gasteiger charge is -2.46. The molecule has 0 amide bonds. The van der Waals surface area contributed by atoms with Crippen LogP contribution in [0.25, 0.3) is 0 Å². The van der Waals surface area contributed by atoms with E-state index in [0.717, 1.165) is 12.1 Å². The predicted octanol–water partition coefficient (Wildman–Crippen LogP) is 5.15. The summed E-state index contributed by atoms with van der Waals surface area (Å²) in [5.74, 6) is 0. The Morgan fingerprint density at radius 2 is 1.61 bits per heavy atom. The highest BCUT2D eigenvalue weighted by atomic mass is 15.0. The largest absolute Gasteiger partial charge is 0.311 e. The SMILES string of the molecule is CCCCC(CC)NC1CC(C)(C)CC(C)(C)C1. The van der Waals surface area contributed by atoms with Crippen LogP contribution in [0.4, 0.5) is 0 Å². The molecule has 1 unspecified atom stereocenters. The zero-order valence-corrected chi connectivity index (χ0v) is 13.6. The fourth-order valence-electron chi connectivity index (χ4n) is 4.15. The summed E-state index contributed by atoms with van der Waals surface area (Å²) in [6.07, 6.45) is 9.37. The number of rotatable bonds is 6. The first-order valence-corrected chi connectivity index (χ1v) is 8.04. The van der Waals surface area contributed by atoms with Crippen LogP contribution < -0.4 is 5.32 Å².